The molecule has 0 amide bonds. The number of rotatable bonds is 4. The molecule has 0 atom stereocenters. The quantitative estimate of drug-likeness (QED) is 0.299. The van der Waals surface area contributed by atoms with Crippen molar-refractivity contribution >= 4 is 28.7 Å². The minimum absolute atomic E-state index is 0.106. The van der Waals surface area contributed by atoms with Crippen molar-refractivity contribution in [1.29, 1.82) is 0 Å². The van der Waals surface area contributed by atoms with Crippen LogP contribution in [0.2, 0.25) is 0 Å². The monoisotopic (exact) mass is 376 g/mol. The molecule has 3 aromatic carbocycles. The highest BCUT2D eigenvalue weighted by Crippen LogP contribution is 2.29. The Morgan fingerprint density at radius 1 is 1.11 bits per heavy atom. The first-order chi connectivity index (χ1) is 13.5. The summed E-state index contributed by atoms with van der Waals surface area (Å²) in [6.07, 6.45) is 1.27. The third-order valence-electron chi connectivity index (χ3n) is 4.02. The van der Waals surface area contributed by atoms with Crippen LogP contribution in [0, 0.1) is 15.9 Å². The van der Waals surface area contributed by atoms with Gasteiger partial charge in [0.2, 0.25) is 5.89 Å². The van der Waals surface area contributed by atoms with E-state index in [0.29, 0.717) is 22.4 Å². The molecule has 138 valence electrons. The van der Waals surface area contributed by atoms with Gasteiger partial charge in [0.05, 0.1) is 10.6 Å². The van der Waals surface area contributed by atoms with Crippen molar-refractivity contribution in [2.45, 2.75) is 0 Å². The van der Waals surface area contributed by atoms with Gasteiger partial charge in [-0.2, -0.15) is 0 Å². The number of aliphatic imine (C=N–C) groups is 1. The zero-order valence-electron chi connectivity index (χ0n) is 14.2. The van der Waals surface area contributed by atoms with Crippen LogP contribution in [0.5, 0.6) is 5.75 Å². The van der Waals surface area contributed by atoms with Crippen molar-refractivity contribution in [2.75, 3.05) is 0 Å². The van der Waals surface area contributed by atoms with Crippen LogP contribution in [-0.4, -0.2) is 16.1 Å². The highest BCUT2D eigenvalue weighted by molar-refractivity contribution is 5.88. The van der Waals surface area contributed by atoms with Crippen LogP contribution in [0.3, 0.4) is 0 Å². The molecule has 1 heterocycles. The van der Waals surface area contributed by atoms with Crippen LogP contribution in [0.1, 0.15) is 5.56 Å². The summed E-state index contributed by atoms with van der Waals surface area (Å²) in [5, 5.41) is 22.9. The predicted molar refractivity (Wildman–Crippen MR) is 99.2 cm³/mol. The fraction of sp³-hybridized carbons (Fsp3) is 0. The summed E-state index contributed by atoms with van der Waals surface area (Å²) >= 11 is 0. The second kappa shape index (κ2) is 6.92. The van der Waals surface area contributed by atoms with E-state index >= 15 is 0 Å². The Morgan fingerprint density at radius 2 is 1.93 bits per heavy atom. The van der Waals surface area contributed by atoms with Crippen molar-refractivity contribution in [3.8, 4) is 17.2 Å². The Kier molecular flexibility index (Phi) is 4.29. The zero-order valence-corrected chi connectivity index (χ0v) is 14.2. The van der Waals surface area contributed by atoms with Crippen LogP contribution < -0.4 is 5.11 Å². The molecule has 0 aliphatic heterocycles. The van der Waals surface area contributed by atoms with Crippen LogP contribution in [0.15, 0.2) is 70.1 Å². The lowest BCUT2D eigenvalue weighted by molar-refractivity contribution is -0.398. The van der Waals surface area contributed by atoms with E-state index in [2.05, 4.69) is 9.98 Å². The van der Waals surface area contributed by atoms with Gasteiger partial charge in [-0.1, -0.05) is 18.2 Å². The van der Waals surface area contributed by atoms with Gasteiger partial charge in [0.1, 0.15) is 11.3 Å². The number of fused-ring (bicyclic) bond motifs is 1. The second-order valence-corrected chi connectivity index (χ2v) is 5.89. The molecule has 0 fully saturated rings. The molecular weight excluding hydrogens is 365 g/mol. The molecule has 4 aromatic rings. The van der Waals surface area contributed by atoms with E-state index in [0.717, 1.165) is 6.07 Å². The van der Waals surface area contributed by atoms with Crippen LogP contribution >= 0.6 is 0 Å². The Bertz CT molecular complexity index is 1230. The number of para-hydroxylation sites is 1. The number of nitro benzene ring substituents is 1. The summed E-state index contributed by atoms with van der Waals surface area (Å²) in [6, 6.07) is 14.9. The third-order valence-corrected chi connectivity index (χ3v) is 4.02. The van der Waals surface area contributed by atoms with E-state index in [1.165, 1.54) is 30.5 Å². The van der Waals surface area contributed by atoms with E-state index in [4.69, 9.17) is 4.42 Å². The zero-order chi connectivity index (χ0) is 19.7. The van der Waals surface area contributed by atoms with Crippen LogP contribution in [-0.2, 0) is 0 Å². The van der Waals surface area contributed by atoms with E-state index in [-0.39, 0.29) is 11.5 Å². The Morgan fingerprint density at radius 3 is 2.71 bits per heavy atom. The lowest BCUT2D eigenvalue weighted by Crippen LogP contribution is -2.01. The molecule has 0 bridgehead atoms. The number of nitrogens with zero attached hydrogens (tertiary/aromatic N) is 3. The Hall–Kier alpha value is -4.07. The highest BCUT2D eigenvalue weighted by atomic mass is 19.1. The lowest BCUT2D eigenvalue weighted by Gasteiger charge is -2.09. The minimum Gasteiger partial charge on any atom is -0.867 e. The smallest absolute Gasteiger partial charge is 0.262 e. The number of aromatic nitrogens is 1. The van der Waals surface area contributed by atoms with Crippen molar-refractivity contribution in [2.24, 2.45) is 4.99 Å². The second-order valence-electron chi connectivity index (χ2n) is 5.89. The summed E-state index contributed by atoms with van der Waals surface area (Å²) in [4.78, 5) is 18.7. The molecule has 0 aliphatic rings. The molecule has 0 aliphatic carbocycles. The minimum atomic E-state index is -0.727. The van der Waals surface area contributed by atoms with Gasteiger partial charge in [0.25, 0.3) is 5.69 Å². The molecule has 0 saturated heterocycles. The molecule has 7 nitrogen and oxygen atoms in total. The first kappa shape index (κ1) is 17.3. The fourth-order valence-electron chi connectivity index (χ4n) is 2.67. The van der Waals surface area contributed by atoms with Gasteiger partial charge in [0, 0.05) is 17.8 Å². The largest absolute Gasteiger partial charge is 0.867 e. The van der Waals surface area contributed by atoms with Crippen molar-refractivity contribution < 1.29 is 18.8 Å². The van der Waals surface area contributed by atoms with Gasteiger partial charge in [-0.3, -0.25) is 15.1 Å². The molecule has 28 heavy (non-hydrogen) atoms. The Labute approximate surface area is 157 Å². The summed E-state index contributed by atoms with van der Waals surface area (Å²) in [6.45, 7) is 0. The van der Waals surface area contributed by atoms with Crippen molar-refractivity contribution in [1.82, 2.24) is 4.98 Å². The molecular formula is C20H11FN3O4-. The maximum absolute atomic E-state index is 13.4. The first-order valence-corrected chi connectivity index (χ1v) is 8.16. The maximum atomic E-state index is 13.4. The number of hydrogen-bond acceptors (Lipinski definition) is 6. The standard InChI is InChI=1S/C20H12FN3O4/c21-14-5-1-3-12(9-14)20-23-16-10-15(7-8-18(16)28-20)22-11-13-4-2-6-17(19(13)25)24(26)27/h1-11,25H/p-1. The molecule has 0 radical (unpaired) electrons. The van der Waals surface area contributed by atoms with E-state index in [9.17, 15) is 19.6 Å². The van der Waals surface area contributed by atoms with Crippen molar-refractivity contribution in [3.05, 3.63) is 82.2 Å². The predicted octanol–water partition coefficient (Wildman–Crippen LogP) is 4.37. The van der Waals surface area contributed by atoms with E-state index < -0.39 is 22.2 Å². The van der Waals surface area contributed by atoms with Gasteiger partial charge >= 0.3 is 0 Å². The summed E-state index contributed by atoms with van der Waals surface area (Å²) in [5.74, 6) is -0.821. The maximum Gasteiger partial charge on any atom is 0.262 e. The summed E-state index contributed by atoms with van der Waals surface area (Å²) < 4.78 is 19.0. The summed E-state index contributed by atoms with van der Waals surface area (Å²) in [7, 11) is 0. The topological polar surface area (TPSA) is 105 Å². The lowest BCUT2D eigenvalue weighted by atomic mass is 10.2. The fourth-order valence-corrected chi connectivity index (χ4v) is 2.67. The van der Waals surface area contributed by atoms with Crippen LogP contribution in [0.4, 0.5) is 15.8 Å². The van der Waals surface area contributed by atoms with Gasteiger partial charge in [-0.25, -0.2) is 9.37 Å². The summed E-state index contributed by atoms with van der Waals surface area (Å²) in [5.41, 5.74) is 1.60. The molecule has 4 rings (SSSR count). The normalized spacial score (nSPS) is 11.3. The number of oxazole rings is 1. The van der Waals surface area contributed by atoms with Gasteiger partial charge < -0.3 is 9.52 Å². The molecule has 0 N–H and O–H groups in total. The molecule has 8 heteroatoms. The molecule has 0 spiro atoms. The number of halogens is 1. The Balaban J connectivity index is 1.66. The number of hydrogen-bond donors (Lipinski definition) is 0. The molecule has 0 unspecified atom stereocenters. The third kappa shape index (κ3) is 3.30. The average Bonchev–Trinajstić information content (AvgIpc) is 3.10. The highest BCUT2D eigenvalue weighted by Gasteiger charge is 2.10. The van der Waals surface area contributed by atoms with Gasteiger partial charge in [0.15, 0.2) is 5.58 Å². The SMILES string of the molecule is O=[N+]([O-])c1cccc(C=Nc2ccc3oc(-c4cccc(F)c4)nc3c2)c1[O-]. The van der Waals surface area contributed by atoms with E-state index in [1.807, 2.05) is 0 Å². The van der Waals surface area contributed by atoms with Crippen LogP contribution in [0.25, 0.3) is 22.6 Å². The van der Waals surface area contributed by atoms with E-state index in [1.54, 1.807) is 30.3 Å². The number of benzene rings is 3. The molecule has 1 aromatic heterocycles. The van der Waals surface area contributed by atoms with Gasteiger partial charge in [-0.15, -0.1) is 0 Å². The van der Waals surface area contributed by atoms with Gasteiger partial charge in [-0.05, 0) is 47.7 Å². The van der Waals surface area contributed by atoms with Crippen molar-refractivity contribution in [3.63, 3.8) is 0 Å². The first-order valence-electron chi connectivity index (χ1n) is 8.16. The molecule has 0 saturated carbocycles. The average molecular weight is 376 g/mol. The number of nitro groups is 1.